The van der Waals surface area contributed by atoms with Crippen molar-refractivity contribution in [1.29, 1.82) is 0 Å². The molecule has 1 atom stereocenters. The number of aryl methyl sites for hydroxylation is 1. The van der Waals surface area contributed by atoms with Crippen LogP contribution in [0, 0.1) is 0 Å². The average Bonchev–Trinajstić information content (AvgIpc) is 3.21. The highest BCUT2D eigenvalue weighted by Crippen LogP contribution is 2.50. The maximum Gasteiger partial charge on any atom is 0.229 e. The topological polar surface area (TPSA) is 83.7 Å². The summed E-state index contributed by atoms with van der Waals surface area (Å²) in [5.74, 6) is 0.766. The number of nitrogens with zero attached hydrogens (tertiary/aromatic N) is 5. The third-order valence-electron chi connectivity index (χ3n) is 7.86. The van der Waals surface area contributed by atoms with Crippen molar-refractivity contribution in [3.63, 3.8) is 0 Å². The SMILES string of the molecule is COc1ccc2c3c(n(C)c2c1)[C@@H](CO)N(C(=O)Cc1ccccn1)CC31CN(Cc2ccccn2)C1. The molecule has 0 bridgehead atoms. The first-order chi connectivity index (χ1) is 18.0. The van der Waals surface area contributed by atoms with Crippen molar-refractivity contribution in [3.8, 4) is 5.75 Å². The Hall–Kier alpha value is -3.75. The first kappa shape index (κ1) is 23.6. The fourth-order valence-electron chi connectivity index (χ4n) is 6.28. The van der Waals surface area contributed by atoms with Crippen molar-refractivity contribution in [2.24, 2.45) is 7.05 Å². The highest BCUT2D eigenvalue weighted by Gasteiger charge is 2.54. The number of ether oxygens (including phenoxy) is 1. The van der Waals surface area contributed by atoms with Crippen LogP contribution in [-0.2, 0) is 30.2 Å². The number of pyridine rings is 2. The van der Waals surface area contributed by atoms with Crippen LogP contribution in [0.2, 0.25) is 0 Å². The molecule has 6 rings (SSSR count). The molecule has 0 aliphatic carbocycles. The number of aromatic nitrogens is 3. The van der Waals surface area contributed by atoms with E-state index in [9.17, 15) is 9.90 Å². The maximum atomic E-state index is 13.7. The molecule has 37 heavy (non-hydrogen) atoms. The summed E-state index contributed by atoms with van der Waals surface area (Å²) in [5.41, 5.74) is 4.83. The highest BCUT2D eigenvalue weighted by molar-refractivity contribution is 5.90. The summed E-state index contributed by atoms with van der Waals surface area (Å²) in [6.07, 6.45) is 3.74. The quantitative estimate of drug-likeness (QED) is 0.441. The predicted octanol–water partition coefficient (Wildman–Crippen LogP) is 2.85. The molecule has 190 valence electrons. The molecule has 8 nitrogen and oxygen atoms in total. The molecule has 5 heterocycles. The number of carbonyl (C=O) groups excluding carboxylic acids is 1. The average molecular weight is 498 g/mol. The first-order valence-electron chi connectivity index (χ1n) is 12.6. The van der Waals surface area contributed by atoms with Gasteiger partial charge in [0.2, 0.25) is 5.91 Å². The molecule has 2 aliphatic heterocycles. The van der Waals surface area contributed by atoms with E-state index in [1.165, 1.54) is 5.56 Å². The fraction of sp³-hybridized carbons (Fsp3) is 0.345. The Balaban J connectivity index is 1.41. The summed E-state index contributed by atoms with van der Waals surface area (Å²) < 4.78 is 7.65. The molecule has 0 saturated carbocycles. The van der Waals surface area contributed by atoms with E-state index in [1.54, 1.807) is 13.3 Å². The molecule has 2 aliphatic rings. The van der Waals surface area contributed by atoms with Gasteiger partial charge in [-0.2, -0.15) is 0 Å². The molecular formula is C29H31N5O3. The fourth-order valence-corrected chi connectivity index (χ4v) is 6.28. The predicted molar refractivity (Wildman–Crippen MR) is 140 cm³/mol. The van der Waals surface area contributed by atoms with E-state index in [0.29, 0.717) is 6.54 Å². The van der Waals surface area contributed by atoms with Gasteiger partial charge in [0.05, 0.1) is 37.4 Å². The Kier molecular flexibility index (Phi) is 5.93. The molecule has 8 heteroatoms. The standard InChI is InChI=1S/C29H31N5O3/c1-32-24-14-22(37-2)9-10-23(24)27-28(32)25(16-35)34(26(36)13-20-7-3-5-11-30-20)19-29(27)17-33(18-29)15-21-8-4-6-12-31-21/h3-12,14,25,35H,13,15-19H2,1-2H3/t25-/m1/s1. The van der Waals surface area contributed by atoms with Crippen LogP contribution < -0.4 is 4.74 Å². The lowest BCUT2D eigenvalue weighted by atomic mass is 9.68. The summed E-state index contributed by atoms with van der Waals surface area (Å²) in [6, 6.07) is 17.3. The van der Waals surface area contributed by atoms with E-state index in [1.807, 2.05) is 66.7 Å². The number of hydrogen-bond donors (Lipinski definition) is 1. The minimum atomic E-state index is -0.426. The van der Waals surface area contributed by atoms with Gasteiger partial charge < -0.3 is 19.3 Å². The van der Waals surface area contributed by atoms with Gasteiger partial charge in [0, 0.05) is 73.9 Å². The first-order valence-corrected chi connectivity index (χ1v) is 12.6. The Labute approximate surface area is 216 Å². The van der Waals surface area contributed by atoms with Gasteiger partial charge in [0.1, 0.15) is 5.75 Å². The van der Waals surface area contributed by atoms with Gasteiger partial charge in [0.15, 0.2) is 0 Å². The van der Waals surface area contributed by atoms with E-state index < -0.39 is 6.04 Å². The number of amides is 1. The molecule has 1 aromatic carbocycles. The number of methoxy groups -OCH3 is 1. The molecule has 1 spiro atoms. The molecule has 3 aromatic heterocycles. The largest absolute Gasteiger partial charge is 0.497 e. The van der Waals surface area contributed by atoms with Crippen molar-refractivity contribution >= 4 is 16.8 Å². The van der Waals surface area contributed by atoms with Crippen LogP contribution in [-0.4, -0.2) is 68.7 Å². The lowest BCUT2D eigenvalue weighted by Gasteiger charge is -2.56. The van der Waals surface area contributed by atoms with E-state index in [0.717, 1.165) is 53.4 Å². The number of aliphatic hydroxyl groups is 1. The minimum Gasteiger partial charge on any atom is -0.497 e. The second kappa shape index (κ2) is 9.28. The highest BCUT2D eigenvalue weighted by atomic mass is 16.5. The lowest BCUT2D eigenvalue weighted by Crippen LogP contribution is -2.66. The maximum absolute atomic E-state index is 13.7. The van der Waals surface area contributed by atoms with E-state index >= 15 is 0 Å². The van der Waals surface area contributed by atoms with Gasteiger partial charge in [-0.25, -0.2) is 0 Å². The third-order valence-corrected chi connectivity index (χ3v) is 7.86. The van der Waals surface area contributed by atoms with E-state index in [4.69, 9.17) is 4.74 Å². The molecule has 4 aromatic rings. The Morgan fingerprint density at radius 1 is 1.05 bits per heavy atom. The van der Waals surface area contributed by atoms with Gasteiger partial charge in [-0.3, -0.25) is 19.7 Å². The monoisotopic (exact) mass is 497 g/mol. The van der Waals surface area contributed by atoms with Crippen LogP contribution in [0.15, 0.2) is 67.0 Å². The van der Waals surface area contributed by atoms with Crippen LogP contribution in [0.4, 0.5) is 0 Å². The molecule has 1 N–H and O–H groups in total. The molecule has 1 saturated heterocycles. The second-order valence-corrected chi connectivity index (χ2v) is 10.2. The number of aliphatic hydroxyl groups excluding tert-OH is 1. The van der Waals surface area contributed by atoms with Gasteiger partial charge >= 0.3 is 0 Å². The molecule has 0 unspecified atom stereocenters. The summed E-state index contributed by atoms with van der Waals surface area (Å²) >= 11 is 0. The van der Waals surface area contributed by atoms with Gasteiger partial charge in [-0.15, -0.1) is 0 Å². The van der Waals surface area contributed by atoms with Crippen molar-refractivity contribution in [1.82, 2.24) is 24.3 Å². The van der Waals surface area contributed by atoms with E-state index in [2.05, 4.69) is 25.5 Å². The van der Waals surface area contributed by atoms with Crippen LogP contribution in [0.25, 0.3) is 10.9 Å². The Bertz CT molecular complexity index is 1430. The van der Waals surface area contributed by atoms with Crippen molar-refractivity contribution in [2.45, 2.75) is 24.4 Å². The number of hydrogen-bond acceptors (Lipinski definition) is 6. The number of benzene rings is 1. The zero-order valence-corrected chi connectivity index (χ0v) is 21.2. The normalized spacial score (nSPS) is 18.6. The summed E-state index contributed by atoms with van der Waals surface area (Å²) in [6.45, 7) is 2.80. The van der Waals surface area contributed by atoms with Crippen LogP contribution in [0.3, 0.4) is 0 Å². The summed E-state index contributed by atoms with van der Waals surface area (Å²) in [5, 5.41) is 11.8. The molecular weight excluding hydrogens is 466 g/mol. The third kappa shape index (κ3) is 3.97. The summed E-state index contributed by atoms with van der Waals surface area (Å²) in [4.78, 5) is 26.8. The molecule has 1 fully saturated rings. The number of fused-ring (bicyclic) bond motifs is 4. The van der Waals surface area contributed by atoms with Gasteiger partial charge in [-0.1, -0.05) is 12.1 Å². The second-order valence-electron chi connectivity index (χ2n) is 10.2. The lowest BCUT2D eigenvalue weighted by molar-refractivity contribution is -0.138. The number of carbonyl (C=O) groups is 1. The molecule has 0 radical (unpaired) electrons. The van der Waals surface area contributed by atoms with Gasteiger partial charge in [-0.05, 0) is 42.0 Å². The zero-order valence-electron chi connectivity index (χ0n) is 21.2. The summed E-state index contributed by atoms with van der Waals surface area (Å²) in [7, 11) is 3.69. The zero-order chi connectivity index (χ0) is 25.6. The molecule has 1 amide bonds. The van der Waals surface area contributed by atoms with E-state index in [-0.39, 0.29) is 24.3 Å². The van der Waals surface area contributed by atoms with Crippen molar-refractivity contribution < 1.29 is 14.6 Å². The van der Waals surface area contributed by atoms with Crippen molar-refractivity contribution in [2.75, 3.05) is 33.4 Å². The Morgan fingerprint density at radius 3 is 2.43 bits per heavy atom. The minimum absolute atomic E-state index is 0.0196. The van der Waals surface area contributed by atoms with Crippen LogP contribution in [0.1, 0.15) is 28.7 Å². The smallest absolute Gasteiger partial charge is 0.229 e. The van der Waals surface area contributed by atoms with Crippen LogP contribution in [0.5, 0.6) is 5.75 Å². The van der Waals surface area contributed by atoms with Crippen molar-refractivity contribution in [3.05, 3.63) is 89.6 Å². The number of likely N-dealkylation sites (tertiary alicyclic amines) is 1. The number of rotatable bonds is 6. The Morgan fingerprint density at radius 2 is 1.78 bits per heavy atom. The van der Waals surface area contributed by atoms with Crippen LogP contribution >= 0.6 is 0 Å². The van der Waals surface area contributed by atoms with Gasteiger partial charge in [0.25, 0.3) is 0 Å².